The Morgan fingerprint density at radius 3 is 1.74 bits per heavy atom. The molecule has 0 amide bonds. The average molecular weight is 451 g/mol. The predicted octanol–water partition coefficient (Wildman–Crippen LogP) is 6.90. The first-order valence-electron chi connectivity index (χ1n) is 10.5. The van der Waals surface area contributed by atoms with Crippen molar-refractivity contribution in [3.8, 4) is 0 Å². The van der Waals surface area contributed by atoms with Gasteiger partial charge in [0.15, 0.2) is 8.32 Å². The van der Waals surface area contributed by atoms with Gasteiger partial charge in [-0.15, -0.1) is 11.8 Å². The second-order valence-corrected chi connectivity index (χ2v) is 14.0. The molecule has 0 bridgehead atoms. The Morgan fingerprint density at radius 2 is 1.26 bits per heavy atom. The van der Waals surface area contributed by atoms with Crippen molar-refractivity contribution in [1.29, 1.82) is 0 Å². The van der Waals surface area contributed by atoms with Gasteiger partial charge in [-0.1, -0.05) is 78.9 Å². The van der Waals surface area contributed by atoms with E-state index in [0.29, 0.717) is 0 Å². The van der Waals surface area contributed by atoms with Gasteiger partial charge in [0.05, 0.1) is 18.5 Å². The van der Waals surface area contributed by atoms with E-state index < -0.39 is 20.3 Å². The Labute approximate surface area is 190 Å². The summed E-state index contributed by atoms with van der Waals surface area (Å²) in [6.07, 6.45) is -0.401. The third-order valence-electron chi connectivity index (χ3n) is 4.87. The molecule has 0 aliphatic heterocycles. The molecule has 5 heteroatoms. The Morgan fingerprint density at radius 1 is 0.774 bits per heavy atom. The van der Waals surface area contributed by atoms with E-state index in [4.69, 9.17) is 9.16 Å². The summed E-state index contributed by atoms with van der Waals surface area (Å²) in [5.74, 6) is -0.767. The van der Waals surface area contributed by atoms with Crippen molar-refractivity contribution in [2.75, 3.05) is 7.11 Å². The summed E-state index contributed by atoms with van der Waals surface area (Å²) < 4.78 is 12.0. The quantitative estimate of drug-likeness (QED) is 0.202. The predicted molar refractivity (Wildman–Crippen MR) is 131 cm³/mol. The largest absolute Gasteiger partial charge is 0.469 e. The van der Waals surface area contributed by atoms with Gasteiger partial charge in [-0.25, -0.2) is 0 Å². The zero-order valence-electron chi connectivity index (χ0n) is 18.5. The van der Waals surface area contributed by atoms with Gasteiger partial charge in [-0.2, -0.15) is 0 Å². The molecule has 3 rings (SSSR count). The fraction of sp³-hybridized carbons (Fsp3) is 0.269. The second-order valence-electron chi connectivity index (χ2n) is 8.37. The Hall–Kier alpha value is -2.34. The fourth-order valence-electron chi connectivity index (χ4n) is 3.55. The molecule has 3 atom stereocenters. The van der Waals surface area contributed by atoms with E-state index in [1.54, 1.807) is 11.8 Å². The summed E-state index contributed by atoms with van der Waals surface area (Å²) in [5.41, 5.74) is 2.07. The first kappa shape index (κ1) is 23.3. The van der Waals surface area contributed by atoms with E-state index in [-0.39, 0.29) is 11.2 Å². The molecule has 0 unspecified atom stereocenters. The molecule has 0 spiro atoms. The van der Waals surface area contributed by atoms with Gasteiger partial charge in [0.2, 0.25) is 0 Å². The highest BCUT2D eigenvalue weighted by molar-refractivity contribution is 7.99. The van der Waals surface area contributed by atoms with Crippen LogP contribution in [0.25, 0.3) is 0 Å². The second kappa shape index (κ2) is 10.8. The van der Waals surface area contributed by atoms with Crippen molar-refractivity contribution in [3.63, 3.8) is 0 Å². The summed E-state index contributed by atoms with van der Waals surface area (Å²) in [7, 11) is -0.521. The van der Waals surface area contributed by atoms with Crippen molar-refractivity contribution in [2.24, 2.45) is 5.92 Å². The van der Waals surface area contributed by atoms with Gasteiger partial charge in [0.1, 0.15) is 5.92 Å². The van der Waals surface area contributed by atoms with Crippen LogP contribution in [0.5, 0.6) is 0 Å². The fourth-order valence-corrected chi connectivity index (χ4v) is 5.90. The Kier molecular flexibility index (Phi) is 8.13. The van der Waals surface area contributed by atoms with Gasteiger partial charge in [0.25, 0.3) is 0 Å². The minimum atomic E-state index is -1.98. The Bertz CT molecular complexity index is 943. The molecule has 0 saturated heterocycles. The molecule has 0 saturated carbocycles. The van der Waals surface area contributed by atoms with Crippen LogP contribution in [0.1, 0.15) is 22.5 Å². The minimum Gasteiger partial charge on any atom is -0.469 e. The van der Waals surface area contributed by atoms with Crippen molar-refractivity contribution in [2.45, 2.75) is 35.9 Å². The topological polar surface area (TPSA) is 35.5 Å². The third kappa shape index (κ3) is 6.57. The summed E-state index contributed by atoms with van der Waals surface area (Å²) in [4.78, 5) is 14.4. The molecule has 0 radical (unpaired) electrons. The molecular weight excluding hydrogens is 420 g/mol. The zero-order valence-corrected chi connectivity index (χ0v) is 20.3. The van der Waals surface area contributed by atoms with Gasteiger partial charge in [0, 0.05) is 4.90 Å². The van der Waals surface area contributed by atoms with E-state index in [2.05, 4.69) is 43.9 Å². The molecule has 0 heterocycles. The minimum absolute atomic E-state index is 0.169. The number of benzene rings is 3. The molecule has 3 nitrogen and oxygen atoms in total. The standard InChI is InChI=1S/C26H30O3SSi/c1-28-26(27)23(24(29-31(2,3)4)20-14-8-5-9-15-20)25(21-16-10-6-11-17-21)30-22-18-12-7-13-19-22/h5-19,23-25H,1-4H3/t23-,24-,25-/m0/s1. The van der Waals surface area contributed by atoms with Crippen LogP contribution < -0.4 is 0 Å². The normalized spacial score (nSPS) is 14.5. The van der Waals surface area contributed by atoms with Gasteiger partial charge < -0.3 is 9.16 Å². The van der Waals surface area contributed by atoms with Crippen LogP contribution in [0, 0.1) is 5.92 Å². The lowest BCUT2D eigenvalue weighted by Crippen LogP contribution is -2.37. The maximum absolute atomic E-state index is 13.3. The number of hydrogen-bond donors (Lipinski definition) is 0. The van der Waals surface area contributed by atoms with E-state index in [9.17, 15) is 4.79 Å². The first-order chi connectivity index (χ1) is 14.9. The maximum Gasteiger partial charge on any atom is 0.313 e. The summed E-state index contributed by atoms with van der Waals surface area (Å²) in [5, 5.41) is -0.169. The number of esters is 1. The highest BCUT2D eigenvalue weighted by Gasteiger charge is 2.41. The molecule has 0 fully saturated rings. The number of carbonyl (C=O) groups is 1. The van der Waals surface area contributed by atoms with Gasteiger partial charge in [-0.05, 0) is 42.9 Å². The van der Waals surface area contributed by atoms with Crippen LogP contribution in [0.2, 0.25) is 19.6 Å². The van der Waals surface area contributed by atoms with Crippen molar-refractivity contribution >= 4 is 26.0 Å². The number of methoxy groups -OCH3 is 1. The summed E-state index contributed by atoms with van der Waals surface area (Å²) in [6, 6.07) is 30.4. The van der Waals surface area contributed by atoms with E-state index in [1.165, 1.54) is 7.11 Å². The van der Waals surface area contributed by atoms with Crippen LogP contribution in [0.3, 0.4) is 0 Å². The molecule has 0 aliphatic rings. The number of hydrogen-bond acceptors (Lipinski definition) is 4. The lowest BCUT2D eigenvalue weighted by Gasteiger charge is -2.36. The highest BCUT2D eigenvalue weighted by Crippen LogP contribution is 2.47. The highest BCUT2D eigenvalue weighted by atomic mass is 32.2. The maximum atomic E-state index is 13.3. The van der Waals surface area contributed by atoms with Gasteiger partial charge >= 0.3 is 5.97 Å². The van der Waals surface area contributed by atoms with E-state index in [0.717, 1.165) is 16.0 Å². The van der Waals surface area contributed by atoms with Crippen LogP contribution in [0.4, 0.5) is 0 Å². The molecule has 3 aromatic rings. The van der Waals surface area contributed by atoms with Crippen molar-refractivity contribution in [1.82, 2.24) is 0 Å². The monoisotopic (exact) mass is 450 g/mol. The van der Waals surface area contributed by atoms with Gasteiger partial charge in [-0.3, -0.25) is 4.79 Å². The summed E-state index contributed by atoms with van der Waals surface area (Å²) >= 11 is 1.68. The number of carbonyl (C=O) groups excluding carboxylic acids is 1. The molecule has 162 valence electrons. The van der Waals surface area contributed by atoms with Crippen LogP contribution in [-0.2, 0) is 14.0 Å². The lowest BCUT2D eigenvalue weighted by molar-refractivity contribution is -0.149. The summed E-state index contributed by atoms with van der Waals surface area (Å²) in [6.45, 7) is 6.46. The molecule has 0 N–H and O–H groups in total. The zero-order chi connectivity index (χ0) is 22.3. The molecule has 31 heavy (non-hydrogen) atoms. The average Bonchev–Trinajstić information content (AvgIpc) is 2.78. The Balaban J connectivity index is 2.13. The number of ether oxygens (including phenoxy) is 1. The molecule has 0 aliphatic carbocycles. The molecule has 3 aromatic carbocycles. The smallest absolute Gasteiger partial charge is 0.313 e. The number of thioether (sulfide) groups is 1. The molecular formula is C26H30O3SSi. The van der Waals surface area contributed by atoms with E-state index >= 15 is 0 Å². The number of rotatable bonds is 9. The third-order valence-corrected chi connectivity index (χ3v) is 7.19. The van der Waals surface area contributed by atoms with Crippen LogP contribution in [-0.4, -0.2) is 21.4 Å². The lowest BCUT2D eigenvalue weighted by atomic mass is 9.89. The van der Waals surface area contributed by atoms with Crippen molar-refractivity contribution < 1.29 is 14.0 Å². The van der Waals surface area contributed by atoms with Crippen molar-refractivity contribution in [3.05, 3.63) is 102 Å². The van der Waals surface area contributed by atoms with Crippen LogP contribution in [0.15, 0.2) is 95.9 Å². The first-order valence-corrected chi connectivity index (χ1v) is 14.7. The SMILES string of the molecule is COC(=O)[C@@H]([C@@H](O[Si](C)(C)C)c1ccccc1)[C@@H](Sc1ccccc1)c1ccccc1. The molecule has 0 aromatic heterocycles. The van der Waals surface area contributed by atoms with Crippen LogP contribution >= 0.6 is 11.8 Å². The van der Waals surface area contributed by atoms with E-state index in [1.807, 2.05) is 66.7 Å².